The van der Waals surface area contributed by atoms with Gasteiger partial charge >= 0.3 is 5.97 Å². The number of thiazole rings is 1. The first kappa shape index (κ1) is 22.5. The van der Waals surface area contributed by atoms with Gasteiger partial charge in [0.05, 0.1) is 11.4 Å². The molecule has 0 atom stereocenters. The lowest BCUT2D eigenvalue weighted by atomic mass is 10.2. The molecule has 0 saturated carbocycles. The Morgan fingerprint density at radius 3 is 2.61 bits per heavy atom. The highest BCUT2D eigenvalue weighted by Crippen LogP contribution is 2.27. The maximum absolute atomic E-state index is 12.3. The Bertz CT molecular complexity index is 1130. The molecule has 0 aliphatic heterocycles. The van der Waals surface area contributed by atoms with E-state index < -0.39 is 11.9 Å². The van der Waals surface area contributed by atoms with Crippen molar-refractivity contribution in [3.05, 3.63) is 71.1 Å². The van der Waals surface area contributed by atoms with Crippen LogP contribution in [0.25, 0.3) is 11.3 Å². The number of hydrogen-bond acceptors (Lipinski definition) is 6. The van der Waals surface area contributed by atoms with Crippen LogP contribution in [-0.4, -0.2) is 33.6 Å². The number of thioether (sulfide) groups is 1. The smallest absolute Gasteiger partial charge is 0.328 e. The number of benzene rings is 2. The first-order chi connectivity index (χ1) is 14.9. The van der Waals surface area contributed by atoms with E-state index in [0.717, 1.165) is 28.3 Å². The quantitative estimate of drug-likeness (QED) is 0.321. The SMILES string of the molecule is O=C(O)/C=C/C(=O)Nc1cccc(SCC(=O)Nc2nc(-c3ccc(Cl)cc3)cs2)c1. The minimum atomic E-state index is -1.20. The lowest BCUT2D eigenvalue weighted by Gasteiger charge is -2.06. The van der Waals surface area contributed by atoms with Crippen molar-refractivity contribution < 1.29 is 19.5 Å². The van der Waals surface area contributed by atoms with Gasteiger partial charge in [-0.1, -0.05) is 29.8 Å². The van der Waals surface area contributed by atoms with Gasteiger partial charge in [0.25, 0.3) is 0 Å². The lowest BCUT2D eigenvalue weighted by Crippen LogP contribution is -2.13. The third kappa shape index (κ3) is 7.25. The molecule has 10 heteroatoms. The molecule has 1 heterocycles. The number of rotatable bonds is 8. The summed E-state index contributed by atoms with van der Waals surface area (Å²) in [4.78, 5) is 39.6. The zero-order chi connectivity index (χ0) is 22.2. The van der Waals surface area contributed by atoms with E-state index in [1.807, 2.05) is 23.6 Å². The summed E-state index contributed by atoms with van der Waals surface area (Å²) >= 11 is 8.53. The van der Waals surface area contributed by atoms with Gasteiger partial charge in [0, 0.05) is 38.7 Å². The Kier molecular flexibility index (Phi) is 7.82. The minimum Gasteiger partial charge on any atom is -0.478 e. The van der Waals surface area contributed by atoms with Crippen LogP contribution in [0.15, 0.2) is 71.0 Å². The summed E-state index contributed by atoms with van der Waals surface area (Å²) in [6, 6.07) is 14.2. The van der Waals surface area contributed by atoms with Crippen molar-refractivity contribution in [1.29, 1.82) is 0 Å². The second-order valence-electron chi connectivity index (χ2n) is 6.07. The predicted molar refractivity (Wildman–Crippen MR) is 124 cm³/mol. The van der Waals surface area contributed by atoms with Gasteiger partial charge in [-0.2, -0.15) is 0 Å². The molecule has 0 bridgehead atoms. The highest BCUT2D eigenvalue weighted by atomic mass is 35.5. The van der Waals surface area contributed by atoms with Gasteiger partial charge in [-0.05, 0) is 30.3 Å². The van der Waals surface area contributed by atoms with Crippen molar-refractivity contribution in [3.63, 3.8) is 0 Å². The summed E-state index contributed by atoms with van der Waals surface area (Å²) in [7, 11) is 0. The van der Waals surface area contributed by atoms with Gasteiger partial charge in [-0.3, -0.25) is 9.59 Å². The van der Waals surface area contributed by atoms with Gasteiger partial charge in [0.15, 0.2) is 5.13 Å². The number of amides is 2. The van der Waals surface area contributed by atoms with Gasteiger partial charge < -0.3 is 15.7 Å². The van der Waals surface area contributed by atoms with Crippen LogP contribution in [0, 0.1) is 0 Å². The number of carbonyl (C=O) groups excluding carboxylic acids is 2. The van der Waals surface area contributed by atoms with E-state index in [0.29, 0.717) is 15.8 Å². The average Bonchev–Trinajstić information content (AvgIpc) is 3.20. The second-order valence-corrected chi connectivity index (χ2v) is 8.41. The number of nitrogens with one attached hydrogen (secondary N) is 2. The fourth-order valence-corrected chi connectivity index (χ4v) is 4.00. The number of carboxylic acids is 1. The van der Waals surface area contributed by atoms with E-state index in [1.165, 1.54) is 23.1 Å². The summed E-state index contributed by atoms with van der Waals surface area (Å²) in [5, 5.41) is 16.9. The molecule has 0 aliphatic carbocycles. The molecule has 0 unspecified atom stereocenters. The van der Waals surface area contributed by atoms with Crippen LogP contribution >= 0.6 is 34.7 Å². The van der Waals surface area contributed by atoms with Crippen molar-refractivity contribution in [2.24, 2.45) is 0 Å². The Morgan fingerprint density at radius 2 is 1.87 bits per heavy atom. The lowest BCUT2D eigenvalue weighted by molar-refractivity contribution is -0.131. The van der Waals surface area contributed by atoms with Crippen molar-refractivity contribution >= 4 is 63.3 Å². The summed E-state index contributed by atoms with van der Waals surface area (Å²) in [5.41, 5.74) is 2.16. The Hall–Kier alpha value is -3.14. The predicted octanol–water partition coefficient (Wildman–Crippen LogP) is 4.77. The summed E-state index contributed by atoms with van der Waals surface area (Å²) in [6.45, 7) is 0. The first-order valence-corrected chi connectivity index (χ1v) is 11.1. The molecule has 2 aromatic carbocycles. The number of nitrogens with zero attached hydrogens (tertiary/aromatic N) is 1. The number of halogens is 1. The molecule has 0 radical (unpaired) electrons. The molecular formula is C21H16ClN3O4S2. The van der Waals surface area contributed by atoms with E-state index in [2.05, 4.69) is 15.6 Å². The fourth-order valence-electron chi connectivity index (χ4n) is 2.38. The molecule has 7 nitrogen and oxygen atoms in total. The molecule has 0 spiro atoms. The Balaban J connectivity index is 1.52. The number of hydrogen-bond donors (Lipinski definition) is 3. The van der Waals surface area contributed by atoms with Crippen LogP contribution in [0.5, 0.6) is 0 Å². The van der Waals surface area contributed by atoms with Gasteiger partial charge in [0.2, 0.25) is 11.8 Å². The zero-order valence-corrected chi connectivity index (χ0v) is 18.3. The molecule has 1 aromatic heterocycles. The molecule has 0 fully saturated rings. The standard InChI is InChI=1S/C21H16ClN3O4S2/c22-14-6-4-13(5-7-14)17-11-31-21(24-17)25-19(27)12-30-16-3-1-2-15(10-16)23-18(26)8-9-20(28)29/h1-11H,12H2,(H,23,26)(H,28,29)(H,24,25,27)/b9-8+. The molecular weight excluding hydrogens is 458 g/mol. The third-order valence-electron chi connectivity index (χ3n) is 3.74. The summed E-state index contributed by atoms with van der Waals surface area (Å²) in [6.07, 6.45) is 1.69. The highest BCUT2D eigenvalue weighted by Gasteiger charge is 2.09. The Labute approximate surface area is 191 Å². The molecule has 31 heavy (non-hydrogen) atoms. The van der Waals surface area contributed by atoms with Crippen molar-refractivity contribution in [2.45, 2.75) is 4.90 Å². The number of carboxylic acid groups (broad SMARTS) is 1. The molecule has 158 valence electrons. The van der Waals surface area contributed by atoms with Crippen molar-refractivity contribution in [2.75, 3.05) is 16.4 Å². The van der Waals surface area contributed by atoms with Crippen LogP contribution < -0.4 is 10.6 Å². The van der Waals surface area contributed by atoms with Crippen molar-refractivity contribution in [3.8, 4) is 11.3 Å². The van der Waals surface area contributed by atoms with E-state index in [1.54, 1.807) is 30.3 Å². The monoisotopic (exact) mass is 473 g/mol. The van der Waals surface area contributed by atoms with Gasteiger partial charge in [0.1, 0.15) is 0 Å². The average molecular weight is 474 g/mol. The minimum absolute atomic E-state index is 0.159. The number of carbonyl (C=O) groups is 3. The first-order valence-electron chi connectivity index (χ1n) is 8.85. The number of aromatic nitrogens is 1. The highest BCUT2D eigenvalue weighted by molar-refractivity contribution is 8.00. The number of anilines is 2. The van der Waals surface area contributed by atoms with Crippen LogP contribution in [0.2, 0.25) is 5.02 Å². The fraction of sp³-hybridized carbons (Fsp3) is 0.0476. The molecule has 3 aromatic rings. The summed E-state index contributed by atoms with van der Waals surface area (Å²) < 4.78 is 0. The molecule has 0 aliphatic rings. The maximum atomic E-state index is 12.3. The Morgan fingerprint density at radius 1 is 1.10 bits per heavy atom. The van der Waals surface area contributed by atoms with Crippen molar-refractivity contribution in [1.82, 2.24) is 4.98 Å². The van der Waals surface area contributed by atoms with E-state index >= 15 is 0 Å². The van der Waals surface area contributed by atoms with Crippen LogP contribution in [0.1, 0.15) is 0 Å². The zero-order valence-electron chi connectivity index (χ0n) is 15.9. The molecule has 0 saturated heterocycles. The van der Waals surface area contributed by atoms with E-state index in [-0.39, 0.29) is 11.7 Å². The molecule has 3 rings (SSSR count). The van der Waals surface area contributed by atoms with Crippen LogP contribution in [0.3, 0.4) is 0 Å². The third-order valence-corrected chi connectivity index (χ3v) is 5.74. The van der Waals surface area contributed by atoms with Crippen LogP contribution in [-0.2, 0) is 14.4 Å². The van der Waals surface area contributed by atoms with E-state index in [9.17, 15) is 14.4 Å². The summed E-state index contributed by atoms with van der Waals surface area (Å²) in [5.74, 6) is -1.80. The van der Waals surface area contributed by atoms with E-state index in [4.69, 9.17) is 16.7 Å². The number of aliphatic carboxylic acids is 1. The van der Waals surface area contributed by atoms with Crippen LogP contribution in [0.4, 0.5) is 10.8 Å². The topological polar surface area (TPSA) is 108 Å². The largest absolute Gasteiger partial charge is 0.478 e. The second kappa shape index (κ2) is 10.8. The molecule has 2 amide bonds. The molecule has 3 N–H and O–H groups in total. The van der Waals surface area contributed by atoms with Gasteiger partial charge in [-0.25, -0.2) is 9.78 Å². The van der Waals surface area contributed by atoms with Gasteiger partial charge in [-0.15, -0.1) is 23.1 Å². The normalized spacial score (nSPS) is 10.7. The maximum Gasteiger partial charge on any atom is 0.328 e.